The fraction of sp³-hybridized carbons (Fsp3) is 0.333. The topological polar surface area (TPSA) is 71.2 Å². The standard InChI is InChI=1S/C18H22N2O3/c1-5-13-9-7-8-10-14(13)20-17(21)15-11(3)16(19-12(15)4)18(22)23-6-2/h7-10,19H,5-6H2,1-4H3,(H,20,21). The number of hydrogen-bond donors (Lipinski definition) is 2. The van der Waals surface area contributed by atoms with Crippen molar-refractivity contribution in [2.75, 3.05) is 11.9 Å². The third-order valence-electron chi connectivity index (χ3n) is 3.79. The van der Waals surface area contributed by atoms with Crippen LogP contribution in [0.3, 0.4) is 0 Å². The second-order valence-corrected chi connectivity index (χ2v) is 5.31. The predicted octanol–water partition coefficient (Wildman–Crippen LogP) is 3.62. The molecule has 0 saturated heterocycles. The maximum atomic E-state index is 12.6. The van der Waals surface area contributed by atoms with Crippen LogP contribution < -0.4 is 5.32 Å². The Balaban J connectivity index is 2.31. The van der Waals surface area contributed by atoms with Crippen molar-refractivity contribution in [1.82, 2.24) is 4.98 Å². The molecule has 5 heteroatoms. The SMILES string of the molecule is CCOC(=O)c1[nH]c(C)c(C(=O)Nc2ccccc2CC)c1C. The largest absolute Gasteiger partial charge is 0.461 e. The van der Waals surface area contributed by atoms with Crippen LogP contribution in [-0.2, 0) is 11.2 Å². The minimum absolute atomic E-state index is 0.229. The van der Waals surface area contributed by atoms with Crippen LogP contribution in [0.15, 0.2) is 24.3 Å². The Bertz CT molecular complexity index is 732. The zero-order valence-corrected chi connectivity index (χ0v) is 13.9. The summed E-state index contributed by atoms with van der Waals surface area (Å²) in [6, 6.07) is 7.69. The second-order valence-electron chi connectivity index (χ2n) is 5.31. The summed E-state index contributed by atoms with van der Waals surface area (Å²) >= 11 is 0. The molecule has 2 aromatic rings. The van der Waals surface area contributed by atoms with Gasteiger partial charge in [-0.25, -0.2) is 4.79 Å². The van der Waals surface area contributed by atoms with E-state index in [-0.39, 0.29) is 5.91 Å². The molecule has 0 aliphatic rings. The number of aryl methyl sites for hydroxylation is 2. The van der Waals surface area contributed by atoms with Crippen molar-refractivity contribution in [2.24, 2.45) is 0 Å². The van der Waals surface area contributed by atoms with Gasteiger partial charge in [-0.15, -0.1) is 0 Å². The van der Waals surface area contributed by atoms with Crippen molar-refractivity contribution in [3.8, 4) is 0 Å². The maximum Gasteiger partial charge on any atom is 0.355 e. The van der Waals surface area contributed by atoms with Crippen molar-refractivity contribution in [3.63, 3.8) is 0 Å². The van der Waals surface area contributed by atoms with E-state index in [4.69, 9.17) is 4.74 Å². The average Bonchev–Trinajstić information content (AvgIpc) is 2.83. The van der Waals surface area contributed by atoms with Crippen molar-refractivity contribution >= 4 is 17.6 Å². The van der Waals surface area contributed by atoms with Crippen LogP contribution in [0.2, 0.25) is 0 Å². The van der Waals surface area contributed by atoms with Crippen LogP contribution in [0.4, 0.5) is 5.69 Å². The molecule has 0 fully saturated rings. The number of carbonyl (C=O) groups is 2. The van der Waals surface area contributed by atoms with Crippen molar-refractivity contribution < 1.29 is 14.3 Å². The smallest absolute Gasteiger partial charge is 0.355 e. The molecule has 1 amide bonds. The Morgan fingerprint density at radius 1 is 1.17 bits per heavy atom. The number of ether oxygens (including phenoxy) is 1. The van der Waals surface area contributed by atoms with E-state index >= 15 is 0 Å². The molecule has 0 aliphatic carbocycles. The van der Waals surface area contributed by atoms with E-state index in [1.54, 1.807) is 20.8 Å². The van der Waals surface area contributed by atoms with Crippen LogP contribution >= 0.6 is 0 Å². The first-order valence-corrected chi connectivity index (χ1v) is 7.75. The van der Waals surface area contributed by atoms with Crippen molar-refractivity contribution in [2.45, 2.75) is 34.1 Å². The normalized spacial score (nSPS) is 10.4. The summed E-state index contributed by atoms with van der Waals surface area (Å²) in [5, 5.41) is 2.93. The molecule has 0 saturated carbocycles. The van der Waals surface area contributed by atoms with E-state index in [1.807, 2.05) is 31.2 Å². The van der Waals surface area contributed by atoms with E-state index in [0.717, 1.165) is 17.7 Å². The van der Waals surface area contributed by atoms with Gasteiger partial charge in [0.05, 0.1) is 12.2 Å². The number of esters is 1. The van der Waals surface area contributed by atoms with Gasteiger partial charge in [0.25, 0.3) is 5.91 Å². The third kappa shape index (κ3) is 3.44. The molecular weight excluding hydrogens is 292 g/mol. The first-order valence-electron chi connectivity index (χ1n) is 7.75. The van der Waals surface area contributed by atoms with Crippen molar-refractivity contribution in [3.05, 3.63) is 52.3 Å². The van der Waals surface area contributed by atoms with Gasteiger partial charge in [-0.2, -0.15) is 0 Å². The molecule has 0 radical (unpaired) electrons. The van der Waals surface area contributed by atoms with E-state index in [1.165, 1.54) is 0 Å². The summed E-state index contributed by atoms with van der Waals surface area (Å²) in [6.07, 6.45) is 0.829. The van der Waals surface area contributed by atoms with Gasteiger partial charge in [-0.1, -0.05) is 25.1 Å². The number of carbonyl (C=O) groups excluding carboxylic acids is 2. The monoisotopic (exact) mass is 314 g/mol. The van der Waals surface area contributed by atoms with Gasteiger partial charge in [-0.05, 0) is 44.4 Å². The van der Waals surface area contributed by atoms with Crippen LogP contribution in [0, 0.1) is 13.8 Å². The molecule has 0 spiro atoms. The quantitative estimate of drug-likeness (QED) is 0.828. The molecule has 1 aromatic heterocycles. The first kappa shape index (κ1) is 16.8. The molecule has 122 valence electrons. The number of amides is 1. The van der Waals surface area contributed by atoms with Crippen molar-refractivity contribution in [1.29, 1.82) is 0 Å². The van der Waals surface area contributed by atoms with Crippen LogP contribution in [-0.4, -0.2) is 23.5 Å². The molecule has 1 heterocycles. The maximum absolute atomic E-state index is 12.6. The number of hydrogen-bond acceptors (Lipinski definition) is 3. The first-order chi connectivity index (χ1) is 11.0. The second kappa shape index (κ2) is 7.13. The summed E-state index contributed by atoms with van der Waals surface area (Å²) in [5.41, 5.74) is 3.93. The number of aromatic nitrogens is 1. The summed E-state index contributed by atoms with van der Waals surface area (Å²) in [6.45, 7) is 7.60. The number of aromatic amines is 1. The van der Waals surface area contributed by atoms with Gasteiger partial charge in [0, 0.05) is 11.4 Å². The minimum atomic E-state index is -0.443. The number of anilines is 1. The molecule has 23 heavy (non-hydrogen) atoms. The Morgan fingerprint density at radius 2 is 1.87 bits per heavy atom. The molecular formula is C18H22N2O3. The minimum Gasteiger partial charge on any atom is -0.461 e. The average molecular weight is 314 g/mol. The highest BCUT2D eigenvalue weighted by atomic mass is 16.5. The summed E-state index contributed by atoms with van der Waals surface area (Å²) in [7, 11) is 0. The van der Waals surface area contributed by atoms with E-state index < -0.39 is 5.97 Å². The van der Waals surface area contributed by atoms with Crippen LogP contribution in [0.25, 0.3) is 0 Å². The van der Waals surface area contributed by atoms with Gasteiger partial charge < -0.3 is 15.0 Å². The Kier molecular flexibility index (Phi) is 5.21. The fourth-order valence-corrected chi connectivity index (χ4v) is 2.63. The summed E-state index contributed by atoms with van der Waals surface area (Å²) < 4.78 is 5.01. The molecule has 0 bridgehead atoms. The predicted molar refractivity (Wildman–Crippen MR) is 90.0 cm³/mol. The highest BCUT2D eigenvalue weighted by Crippen LogP contribution is 2.22. The lowest BCUT2D eigenvalue weighted by atomic mass is 10.1. The van der Waals surface area contributed by atoms with Gasteiger partial charge >= 0.3 is 5.97 Å². The lowest BCUT2D eigenvalue weighted by Crippen LogP contribution is -2.15. The number of rotatable bonds is 5. The van der Waals surface area contributed by atoms with Gasteiger partial charge in [0.1, 0.15) is 5.69 Å². The molecule has 0 unspecified atom stereocenters. The number of para-hydroxylation sites is 1. The van der Waals surface area contributed by atoms with Crippen LogP contribution in [0.1, 0.15) is 51.5 Å². The zero-order valence-electron chi connectivity index (χ0n) is 13.9. The molecule has 2 N–H and O–H groups in total. The van der Waals surface area contributed by atoms with Crippen LogP contribution in [0.5, 0.6) is 0 Å². The zero-order chi connectivity index (χ0) is 17.0. The molecule has 1 aromatic carbocycles. The lowest BCUT2D eigenvalue weighted by Gasteiger charge is -2.10. The van der Waals surface area contributed by atoms with E-state index in [2.05, 4.69) is 10.3 Å². The molecule has 0 aliphatic heterocycles. The Hall–Kier alpha value is -2.56. The molecule has 2 rings (SSSR count). The lowest BCUT2D eigenvalue weighted by molar-refractivity contribution is 0.0519. The Morgan fingerprint density at radius 3 is 2.52 bits per heavy atom. The fourth-order valence-electron chi connectivity index (χ4n) is 2.63. The summed E-state index contributed by atoms with van der Waals surface area (Å²) in [5.74, 6) is -0.672. The van der Waals surface area contributed by atoms with Gasteiger partial charge in [0.2, 0.25) is 0 Å². The highest BCUT2D eigenvalue weighted by Gasteiger charge is 2.23. The highest BCUT2D eigenvalue weighted by molar-refractivity contribution is 6.08. The molecule has 0 atom stereocenters. The third-order valence-corrected chi connectivity index (χ3v) is 3.79. The van der Waals surface area contributed by atoms with E-state index in [9.17, 15) is 9.59 Å². The Labute approximate surface area is 136 Å². The van der Waals surface area contributed by atoms with Gasteiger partial charge in [-0.3, -0.25) is 4.79 Å². The summed E-state index contributed by atoms with van der Waals surface area (Å²) in [4.78, 5) is 27.5. The number of H-pyrrole nitrogens is 1. The van der Waals surface area contributed by atoms with E-state index in [0.29, 0.717) is 29.1 Å². The molecule has 5 nitrogen and oxygen atoms in total. The van der Waals surface area contributed by atoms with Gasteiger partial charge in [0.15, 0.2) is 0 Å². The number of nitrogens with one attached hydrogen (secondary N) is 2. The number of benzene rings is 1.